The fraction of sp³-hybridized carbons (Fsp3) is 0.769. The van der Waals surface area contributed by atoms with E-state index in [-0.39, 0.29) is 36.8 Å². The van der Waals surface area contributed by atoms with E-state index < -0.39 is 0 Å². The third-order valence-corrected chi connectivity index (χ3v) is 3.35. The average Bonchev–Trinajstić information content (AvgIpc) is 2.29. The van der Waals surface area contributed by atoms with Crippen molar-refractivity contribution in [2.75, 3.05) is 13.1 Å². The van der Waals surface area contributed by atoms with Gasteiger partial charge in [0.15, 0.2) is 0 Å². The van der Waals surface area contributed by atoms with Crippen molar-refractivity contribution in [2.24, 2.45) is 11.7 Å². The number of allylic oxidation sites excluding steroid dienone is 1. The van der Waals surface area contributed by atoms with Gasteiger partial charge in [-0.3, -0.25) is 4.79 Å². The molecule has 2 N–H and O–H groups in total. The lowest BCUT2D eigenvalue weighted by Gasteiger charge is -2.34. The van der Waals surface area contributed by atoms with Gasteiger partial charge in [-0.05, 0) is 38.5 Å². The lowest BCUT2D eigenvalue weighted by atomic mass is 9.92. The highest BCUT2D eigenvalue weighted by Gasteiger charge is 2.25. The van der Waals surface area contributed by atoms with E-state index in [9.17, 15) is 4.79 Å². The van der Waals surface area contributed by atoms with E-state index in [4.69, 9.17) is 5.73 Å². The van der Waals surface area contributed by atoms with Crippen molar-refractivity contribution in [1.82, 2.24) is 4.90 Å². The van der Waals surface area contributed by atoms with Gasteiger partial charge >= 0.3 is 0 Å². The zero-order valence-corrected chi connectivity index (χ0v) is 12.8. The van der Waals surface area contributed by atoms with E-state index >= 15 is 0 Å². The second kappa shape index (κ2) is 10.7. The molecule has 3 nitrogen and oxygen atoms in total. The summed E-state index contributed by atoms with van der Waals surface area (Å²) in [4.78, 5) is 13.9. The minimum absolute atomic E-state index is 0. The topological polar surface area (TPSA) is 46.3 Å². The van der Waals surface area contributed by atoms with Crippen LogP contribution in [0.2, 0.25) is 0 Å². The number of rotatable bonds is 5. The Bertz CT molecular complexity index is 247. The molecule has 2 unspecified atom stereocenters. The summed E-state index contributed by atoms with van der Waals surface area (Å²) in [6.07, 6.45) is 6.62. The van der Waals surface area contributed by atoms with Gasteiger partial charge in [-0.2, -0.15) is 0 Å². The summed E-state index contributed by atoms with van der Waals surface area (Å²) in [5.41, 5.74) is 5.90. The SMILES string of the molecule is C=CCCCC(=O)N1CCCC(C(C)N)C1.Cl.Cl. The molecule has 18 heavy (non-hydrogen) atoms. The maximum atomic E-state index is 11.9. The number of piperidine rings is 1. The number of likely N-dealkylation sites (tertiary alicyclic amines) is 1. The first-order valence-electron chi connectivity index (χ1n) is 6.29. The third-order valence-electron chi connectivity index (χ3n) is 3.35. The number of nitrogens with two attached hydrogens (primary N) is 1. The molecule has 0 aromatic carbocycles. The molecule has 1 saturated heterocycles. The predicted octanol–water partition coefficient (Wildman–Crippen LogP) is 2.77. The number of unbranched alkanes of at least 4 members (excludes halogenated alkanes) is 1. The smallest absolute Gasteiger partial charge is 0.222 e. The summed E-state index contributed by atoms with van der Waals surface area (Å²) in [6, 6.07) is 0.198. The van der Waals surface area contributed by atoms with Crippen molar-refractivity contribution in [3.05, 3.63) is 12.7 Å². The molecule has 0 aromatic heterocycles. The average molecular weight is 297 g/mol. The second-order valence-electron chi connectivity index (χ2n) is 4.78. The predicted molar refractivity (Wildman–Crippen MR) is 81.5 cm³/mol. The van der Waals surface area contributed by atoms with Gasteiger partial charge in [-0.25, -0.2) is 0 Å². The fourth-order valence-electron chi connectivity index (χ4n) is 2.22. The Kier molecular flexibility index (Phi) is 11.9. The third kappa shape index (κ3) is 6.62. The summed E-state index contributed by atoms with van der Waals surface area (Å²) >= 11 is 0. The van der Waals surface area contributed by atoms with Crippen LogP contribution in [-0.4, -0.2) is 29.9 Å². The molecule has 0 saturated carbocycles. The van der Waals surface area contributed by atoms with Gasteiger partial charge < -0.3 is 10.6 Å². The molecule has 5 heteroatoms. The number of amides is 1. The van der Waals surface area contributed by atoms with Gasteiger partial charge in [0, 0.05) is 25.6 Å². The minimum Gasteiger partial charge on any atom is -0.342 e. The van der Waals surface area contributed by atoms with Gasteiger partial charge in [0.05, 0.1) is 0 Å². The monoisotopic (exact) mass is 296 g/mol. The van der Waals surface area contributed by atoms with Crippen molar-refractivity contribution >= 4 is 30.7 Å². The zero-order valence-electron chi connectivity index (χ0n) is 11.1. The van der Waals surface area contributed by atoms with Crippen LogP contribution in [-0.2, 0) is 4.79 Å². The Morgan fingerprint density at radius 3 is 2.78 bits per heavy atom. The van der Waals surface area contributed by atoms with Gasteiger partial charge in [-0.15, -0.1) is 31.4 Å². The number of halogens is 2. The maximum absolute atomic E-state index is 11.9. The maximum Gasteiger partial charge on any atom is 0.222 e. The Hall–Kier alpha value is -0.250. The van der Waals surface area contributed by atoms with Crippen LogP contribution < -0.4 is 5.73 Å². The molecule has 1 amide bonds. The van der Waals surface area contributed by atoms with E-state index in [1.54, 1.807) is 0 Å². The number of hydrogen-bond acceptors (Lipinski definition) is 2. The zero-order chi connectivity index (χ0) is 12.0. The number of nitrogens with zero attached hydrogens (tertiary/aromatic N) is 1. The van der Waals surface area contributed by atoms with Crippen molar-refractivity contribution < 1.29 is 4.79 Å². The van der Waals surface area contributed by atoms with Crippen LogP contribution in [0, 0.1) is 5.92 Å². The molecule has 1 heterocycles. The summed E-state index contributed by atoms with van der Waals surface area (Å²) in [5, 5.41) is 0. The standard InChI is InChI=1S/C13H24N2O.2ClH/c1-3-4-5-8-13(16)15-9-6-7-12(10-15)11(2)14;;/h3,11-12H,1,4-10,14H2,2H3;2*1H. The Morgan fingerprint density at radius 1 is 1.56 bits per heavy atom. The first kappa shape index (κ1) is 20.1. The first-order valence-corrected chi connectivity index (χ1v) is 6.29. The van der Waals surface area contributed by atoms with Crippen molar-refractivity contribution in [1.29, 1.82) is 0 Å². The van der Waals surface area contributed by atoms with Crippen LogP contribution in [0.1, 0.15) is 39.0 Å². The molecule has 0 bridgehead atoms. The molecule has 2 atom stereocenters. The largest absolute Gasteiger partial charge is 0.342 e. The fourth-order valence-corrected chi connectivity index (χ4v) is 2.22. The van der Waals surface area contributed by atoms with Crippen molar-refractivity contribution in [3.8, 4) is 0 Å². The molecular weight excluding hydrogens is 271 g/mol. The highest BCUT2D eigenvalue weighted by atomic mass is 35.5. The minimum atomic E-state index is 0. The van der Waals surface area contributed by atoms with E-state index in [0.717, 1.165) is 38.8 Å². The van der Waals surface area contributed by atoms with Gasteiger partial charge in [-0.1, -0.05) is 6.08 Å². The lowest BCUT2D eigenvalue weighted by Crippen LogP contribution is -2.44. The Labute approximate surface area is 123 Å². The highest BCUT2D eigenvalue weighted by Crippen LogP contribution is 2.19. The van der Waals surface area contributed by atoms with Gasteiger partial charge in [0.25, 0.3) is 0 Å². The van der Waals surface area contributed by atoms with Crippen LogP contribution in [0.5, 0.6) is 0 Å². The number of hydrogen-bond donors (Lipinski definition) is 1. The molecule has 1 rings (SSSR count). The van der Waals surface area contributed by atoms with E-state index in [0.29, 0.717) is 12.3 Å². The highest BCUT2D eigenvalue weighted by molar-refractivity contribution is 5.85. The Balaban J connectivity index is 0. The van der Waals surface area contributed by atoms with Crippen LogP contribution in [0.4, 0.5) is 0 Å². The van der Waals surface area contributed by atoms with Gasteiger partial charge in [0.2, 0.25) is 5.91 Å². The molecule has 0 aliphatic carbocycles. The summed E-state index contributed by atoms with van der Waals surface area (Å²) in [7, 11) is 0. The summed E-state index contributed by atoms with van der Waals surface area (Å²) in [5.74, 6) is 0.768. The first-order chi connectivity index (χ1) is 7.65. The molecule has 0 spiro atoms. The van der Waals surface area contributed by atoms with E-state index in [1.807, 2.05) is 17.9 Å². The van der Waals surface area contributed by atoms with Crippen molar-refractivity contribution in [2.45, 2.75) is 45.1 Å². The molecule has 108 valence electrons. The molecule has 0 radical (unpaired) electrons. The summed E-state index contributed by atoms with van der Waals surface area (Å²) < 4.78 is 0. The molecule has 1 fully saturated rings. The number of carbonyl (C=O) groups is 1. The Morgan fingerprint density at radius 2 is 2.22 bits per heavy atom. The van der Waals surface area contributed by atoms with E-state index in [1.165, 1.54) is 0 Å². The second-order valence-corrected chi connectivity index (χ2v) is 4.78. The van der Waals surface area contributed by atoms with Gasteiger partial charge in [0.1, 0.15) is 0 Å². The van der Waals surface area contributed by atoms with Crippen LogP contribution in [0.15, 0.2) is 12.7 Å². The quantitative estimate of drug-likeness (QED) is 0.626. The van der Waals surface area contributed by atoms with Crippen LogP contribution >= 0.6 is 24.8 Å². The molecule has 1 aliphatic heterocycles. The molecule has 1 aliphatic rings. The number of carbonyl (C=O) groups excluding carboxylic acids is 1. The van der Waals surface area contributed by atoms with Crippen LogP contribution in [0.3, 0.4) is 0 Å². The normalized spacial score (nSPS) is 20.3. The van der Waals surface area contributed by atoms with Crippen LogP contribution in [0.25, 0.3) is 0 Å². The molecular formula is C13H26Cl2N2O. The lowest BCUT2D eigenvalue weighted by molar-refractivity contribution is -0.133. The molecule has 0 aromatic rings. The van der Waals surface area contributed by atoms with Crippen molar-refractivity contribution in [3.63, 3.8) is 0 Å². The summed E-state index contributed by atoms with van der Waals surface area (Å²) in [6.45, 7) is 7.47. The van der Waals surface area contributed by atoms with E-state index in [2.05, 4.69) is 6.58 Å².